The van der Waals surface area contributed by atoms with Crippen LogP contribution in [0.3, 0.4) is 0 Å². The number of piperidine rings is 1. The van der Waals surface area contributed by atoms with E-state index in [0.29, 0.717) is 13.2 Å². The van der Waals surface area contributed by atoms with Crippen LogP contribution in [-0.2, 0) is 16.1 Å². The molecule has 1 amide bonds. The van der Waals surface area contributed by atoms with E-state index in [-0.39, 0.29) is 36.8 Å². The van der Waals surface area contributed by atoms with E-state index in [0.717, 1.165) is 25.9 Å². The molecule has 0 aromatic carbocycles. The van der Waals surface area contributed by atoms with Gasteiger partial charge in [-0.05, 0) is 38.9 Å². The lowest BCUT2D eigenvalue weighted by molar-refractivity contribution is -0.136. The van der Waals surface area contributed by atoms with Crippen molar-refractivity contribution in [3.63, 3.8) is 0 Å². The van der Waals surface area contributed by atoms with E-state index in [4.69, 9.17) is 4.74 Å². The molecule has 1 fully saturated rings. The number of hydrogen-bond donors (Lipinski definition) is 2. The van der Waals surface area contributed by atoms with Gasteiger partial charge in [0.1, 0.15) is 0 Å². The Bertz CT molecular complexity index is 417. The quantitative estimate of drug-likeness (QED) is 0.808. The Morgan fingerprint density at radius 3 is 2.68 bits per heavy atom. The Morgan fingerprint density at radius 1 is 1.45 bits per heavy atom. The van der Waals surface area contributed by atoms with E-state index in [1.807, 2.05) is 23.9 Å². The fourth-order valence-corrected chi connectivity index (χ4v) is 2.73. The summed E-state index contributed by atoms with van der Waals surface area (Å²) in [7, 11) is 1.66. The molecule has 6 nitrogen and oxygen atoms in total. The van der Waals surface area contributed by atoms with E-state index in [2.05, 4.69) is 15.7 Å². The molecule has 2 N–H and O–H groups in total. The highest BCUT2D eigenvalue weighted by Gasteiger charge is 2.39. The van der Waals surface area contributed by atoms with Crippen molar-refractivity contribution in [1.82, 2.24) is 20.4 Å². The lowest BCUT2D eigenvalue weighted by Crippen LogP contribution is -2.52. The minimum atomic E-state index is -0.390. The Morgan fingerprint density at radius 2 is 2.14 bits per heavy atom. The van der Waals surface area contributed by atoms with Gasteiger partial charge in [-0.2, -0.15) is 5.10 Å². The van der Waals surface area contributed by atoms with Crippen molar-refractivity contribution >= 4 is 30.7 Å². The van der Waals surface area contributed by atoms with Crippen LogP contribution in [0.2, 0.25) is 0 Å². The zero-order valence-corrected chi connectivity index (χ0v) is 14.7. The molecule has 22 heavy (non-hydrogen) atoms. The SMILES string of the molecule is COCC1(C(=O)NC(C)Cn2cccn2)CCNCC1.Cl.Cl. The molecular formula is C14H26Cl2N4O2. The molecule has 2 heterocycles. The fraction of sp³-hybridized carbons (Fsp3) is 0.714. The number of carbonyl (C=O) groups is 1. The molecule has 128 valence electrons. The van der Waals surface area contributed by atoms with E-state index >= 15 is 0 Å². The van der Waals surface area contributed by atoms with Crippen LogP contribution >= 0.6 is 24.8 Å². The van der Waals surface area contributed by atoms with Crippen LogP contribution in [0.25, 0.3) is 0 Å². The third-order valence-electron chi connectivity index (χ3n) is 3.86. The number of nitrogens with zero attached hydrogens (tertiary/aromatic N) is 2. The molecule has 1 saturated heterocycles. The molecule has 0 spiro atoms. The van der Waals surface area contributed by atoms with Crippen LogP contribution in [0.1, 0.15) is 19.8 Å². The van der Waals surface area contributed by atoms with Gasteiger partial charge in [0, 0.05) is 25.5 Å². The van der Waals surface area contributed by atoms with Crippen LogP contribution in [0.5, 0.6) is 0 Å². The first-order valence-corrected chi connectivity index (χ1v) is 7.14. The molecular weight excluding hydrogens is 327 g/mol. The standard InChI is InChI=1S/C14H24N4O2.2ClH/c1-12(10-18-9-3-6-16-18)17-13(19)14(11-20-2)4-7-15-8-5-14;;/h3,6,9,12,15H,4-5,7-8,10-11H2,1-2H3,(H,17,19);2*1H. The number of carbonyl (C=O) groups excluding carboxylic acids is 1. The number of amides is 1. The molecule has 1 atom stereocenters. The number of aromatic nitrogens is 2. The highest BCUT2D eigenvalue weighted by Crippen LogP contribution is 2.29. The van der Waals surface area contributed by atoms with Crippen molar-refractivity contribution in [2.45, 2.75) is 32.4 Å². The van der Waals surface area contributed by atoms with Gasteiger partial charge in [-0.25, -0.2) is 0 Å². The predicted octanol–water partition coefficient (Wildman–Crippen LogP) is 1.25. The van der Waals surface area contributed by atoms with Crippen LogP contribution in [0.15, 0.2) is 18.5 Å². The molecule has 1 unspecified atom stereocenters. The summed E-state index contributed by atoms with van der Waals surface area (Å²) in [6, 6.07) is 1.93. The Hall–Kier alpha value is -0.820. The van der Waals surface area contributed by atoms with Crippen molar-refractivity contribution in [2.75, 3.05) is 26.8 Å². The van der Waals surface area contributed by atoms with Crippen molar-refractivity contribution in [3.8, 4) is 0 Å². The molecule has 1 aliphatic heterocycles. The highest BCUT2D eigenvalue weighted by atomic mass is 35.5. The van der Waals surface area contributed by atoms with Crippen LogP contribution in [0, 0.1) is 5.41 Å². The molecule has 1 aliphatic rings. The van der Waals surface area contributed by atoms with Gasteiger partial charge in [0.2, 0.25) is 5.91 Å². The van der Waals surface area contributed by atoms with E-state index in [1.165, 1.54) is 0 Å². The second-order valence-corrected chi connectivity index (χ2v) is 5.57. The third-order valence-corrected chi connectivity index (χ3v) is 3.86. The van der Waals surface area contributed by atoms with Gasteiger partial charge in [0.15, 0.2) is 0 Å². The number of nitrogens with one attached hydrogen (secondary N) is 2. The lowest BCUT2D eigenvalue weighted by atomic mass is 9.78. The summed E-state index contributed by atoms with van der Waals surface area (Å²) in [6.45, 7) is 4.89. The average molecular weight is 353 g/mol. The fourth-order valence-electron chi connectivity index (χ4n) is 2.73. The molecule has 1 aromatic rings. The minimum absolute atomic E-state index is 0. The highest BCUT2D eigenvalue weighted by molar-refractivity contribution is 5.85. The first-order valence-electron chi connectivity index (χ1n) is 7.14. The van der Waals surface area contributed by atoms with Gasteiger partial charge in [-0.3, -0.25) is 9.48 Å². The predicted molar refractivity (Wildman–Crippen MR) is 90.7 cm³/mol. The average Bonchev–Trinajstić information content (AvgIpc) is 2.92. The maximum absolute atomic E-state index is 12.6. The zero-order valence-electron chi connectivity index (χ0n) is 13.1. The van der Waals surface area contributed by atoms with Gasteiger partial charge in [-0.1, -0.05) is 0 Å². The number of hydrogen-bond acceptors (Lipinski definition) is 4. The summed E-state index contributed by atoms with van der Waals surface area (Å²) >= 11 is 0. The number of rotatable bonds is 6. The summed E-state index contributed by atoms with van der Waals surface area (Å²) < 4.78 is 7.12. The van der Waals surface area contributed by atoms with Gasteiger partial charge in [-0.15, -0.1) is 24.8 Å². The molecule has 0 aliphatic carbocycles. The molecule has 0 radical (unpaired) electrons. The van der Waals surface area contributed by atoms with Crippen LogP contribution in [0.4, 0.5) is 0 Å². The summed E-state index contributed by atoms with van der Waals surface area (Å²) in [5.74, 6) is 0.0977. The molecule has 2 rings (SSSR count). The maximum atomic E-state index is 12.6. The Kier molecular flexibility index (Phi) is 9.67. The summed E-state index contributed by atoms with van der Waals surface area (Å²) in [5, 5.41) is 10.6. The molecule has 0 saturated carbocycles. The topological polar surface area (TPSA) is 68.2 Å². The number of ether oxygens (including phenoxy) is 1. The first-order chi connectivity index (χ1) is 9.66. The van der Waals surface area contributed by atoms with Gasteiger partial charge in [0.05, 0.1) is 18.6 Å². The zero-order chi connectivity index (χ0) is 14.4. The lowest BCUT2D eigenvalue weighted by Gasteiger charge is -2.36. The second kappa shape index (κ2) is 10.0. The normalized spacial score (nSPS) is 17.7. The summed E-state index contributed by atoms with van der Waals surface area (Å²) in [5.41, 5.74) is -0.390. The number of methoxy groups -OCH3 is 1. The smallest absolute Gasteiger partial charge is 0.228 e. The van der Waals surface area contributed by atoms with Crippen molar-refractivity contribution in [1.29, 1.82) is 0 Å². The van der Waals surface area contributed by atoms with Gasteiger partial charge in [0.25, 0.3) is 0 Å². The van der Waals surface area contributed by atoms with Gasteiger partial charge >= 0.3 is 0 Å². The van der Waals surface area contributed by atoms with Crippen molar-refractivity contribution in [2.24, 2.45) is 5.41 Å². The largest absolute Gasteiger partial charge is 0.384 e. The maximum Gasteiger partial charge on any atom is 0.228 e. The van der Waals surface area contributed by atoms with Gasteiger partial charge < -0.3 is 15.4 Å². The van der Waals surface area contributed by atoms with E-state index in [9.17, 15) is 4.79 Å². The Labute approximate surface area is 144 Å². The van der Waals surface area contributed by atoms with Crippen molar-refractivity contribution < 1.29 is 9.53 Å². The first kappa shape index (κ1) is 21.2. The third kappa shape index (κ3) is 5.43. The van der Waals surface area contributed by atoms with E-state index < -0.39 is 5.41 Å². The van der Waals surface area contributed by atoms with Crippen molar-refractivity contribution in [3.05, 3.63) is 18.5 Å². The molecule has 8 heteroatoms. The number of halogens is 2. The van der Waals surface area contributed by atoms with Crippen LogP contribution in [-0.4, -0.2) is 48.5 Å². The summed E-state index contributed by atoms with van der Waals surface area (Å²) in [4.78, 5) is 12.6. The Balaban J connectivity index is 0.00000220. The molecule has 1 aromatic heterocycles. The molecule has 0 bridgehead atoms. The van der Waals surface area contributed by atoms with Crippen LogP contribution < -0.4 is 10.6 Å². The monoisotopic (exact) mass is 352 g/mol. The summed E-state index contributed by atoms with van der Waals surface area (Å²) in [6.07, 6.45) is 5.29. The van der Waals surface area contributed by atoms with E-state index in [1.54, 1.807) is 13.3 Å². The minimum Gasteiger partial charge on any atom is -0.384 e. The second-order valence-electron chi connectivity index (χ2n) is 5.57.